The first-order chi connectivity index (χ1) is 9.65. The molecule has 2 atom stereocenters. The lowest BCUT2D eigenvalue weighted by Gasteiger charge is -2.17. The van der Waals surface area contributed by atoms with E-state index < -0.39 is 0 Å². The Hall–Kier alpha value is -0.940. The molecule has 0 aromatic heterocycles. The second-order valence-electron chi connectivity index (χ2n) is 4.97. The first-order valence-corrected chi connectivity index (χ1v) is 7.65. The highest BCUT2D eigenvalue weighted by Gasteiger charge is 2.39. The summed E-state index contributed by atoms with van der Waals surface area (Å²) in [5.74, 6) is -0.307. The molecule has 5 heteroatoms. The SMILES string of the molecule is CCOC(=O)[C@H]1CN(CCF)C[C@@H]1c1ccc(Br)cc1. The number of esters is 1. The molecule has 0 saturated carbocycles. The largest absolute Gasteiger partial charge is 0.466 e. The lowest BCUT2D eigenvalue weighted by molar-refractivity contribution is -0.148. The van der Waals surface area contributed by atoms with Crippen molar-refractivity contribution >= 4 is 21.9 Å². The Morgan fingerprint density at radius 3 is 2.70 bits per heavy atom. The zero-order valence-electron chi connectivity index (χ0n) is 11.5. The summed E-state index contributed by atoms with van der Waals surface area (Å²) in [6.45, 7) is 3.45. The molecule has 0 N–H and O–H groups in total. The van der Waals surface area contributed by atoms with Crippen LogP contribution in [0, 0.1) is 5.92 Å². The molecule has 1 aromatic carbocycles. The Labute approximate surface area is 127 Å². The fourth-order valence-corrected chi connectivity index (χ4v) is 2.99. The maximum atomic E-state index is 12.5. The van der Waals surface area contributed by atoms with Gasteiger partial charge in [-0.1, -0.05) is 28.1 Å². The van der Waals surface area contributed by atoms with Crippen molar-refractivity contribution in [3.05, 3.63) is 34.3 Å². The number of halogens is 2. The van der Waals surface area contributed by atoms with Gasteiger partial charge in [-0.25, -0.2) is 4.39 Å². The maximum Gasteiger partial charge on any atom is 0.310 e. The molecule has 1 aromatic rings. The van der Waals surface area contributed by atoms with Crippen LogP contribution in [0.3, 0.4) is 0 Å². The van der Waals surface area contributed by atoms with Gasteiger partial charge in [-0.3, -0.25) is 9.69 Å². The summed E-state index contributed by atoms with van der Waals surface area (Å²) < 4.78 is 18.7. The van der Waals surface area contributed by atoms with E-state index >= 15 is 0 Å². The summed E-state index contributed by atoms with van der Waals surface area (Å²) in [5, 5.41) is 0. The second-order valence-corrected chi connectivity index (χ2v) is 5.88. The van der Waals surface area contributed by atoms with Gasteiger partial charge in [-0.05, 0) is 24.6 Å². The fourth-order valence-electron chi connectivity index (χ4n) is 2.72. The molecule has 0 aliphatic carbocycles. The Morgan fingerprint density at radius 1 is 1.40 bits per heavy atom. The quantitative estimate of drug-likeness (QED) is 0.769. The number of carbonyl (C=O) groups is 1. The van der Waals surface area contributed by atoms with Gasteiger partial charge in [0.1, 0.15) is 6.67 Å². The van der Waals surface area contributed by atoms with Crippen LogP contribution in [0.25, 0.3) is 0 Å². The van der Waals surface area contributed by atoms with Gasteiger partial charge < -0.3 is 4.74 Å². The van der Waals surface area contributed by atoms with Crippen molar-refractivity contribution in [3.8, 4) is 0 Å². The summed E-state index contributed by atoms with van der Waals surface area (Å²) in [4.78, 5) is 14.1. The number of benzene rings is 1. The minimum atomic E-state index is -0.386. The van der Waals surface area contributed by atoms with Crippen LogP contribution < -0.4 is 0 Å². The predicted molar refractivity (Wildman–Crippen MR) is 79.4 cm³/mol. The first-order valence-electron chi connectivity index (χ1n) is 6.86. The molecule has 0 bridgehead atoms. The molecule has 2 rings (SSSR count). The zero-order valence-corrected chi connectivity index (χ0v) is 13.1. The molecule has 1 saturated heterocycles. The normalized spacial score (nSPS) is 22.9. The topological polar surface area (TPSA) is 29.5 Å². The Balaban J connectivity index is 2.17. The number of likely N-dealkylation sites (tertiary alicyclic amines) is 1. The monoisotopic (exact) mass is 343 g/mol. The molecule has 1 heterocycles. The summed E-state index contributed by atoms with van der Waals surface area (Å²) >= 11 is 3.41. The van der Waals surface area contributed by atoms with Gasteiger partial charge in [0, 0.05) is 30.0 Å². The number of hydrogen-bond donors (Lipinski definition) is 0. The van der Waals surface area contributed by atoms with E-state index in [2.05, 4.69) is 15.9 Å². The highest BCUT2D eigenvalue weighted by atomic mass is 79.9. The van der Waals surface area contributed by atoms with E-state index in [-0.39, 0.29) is 24.5 Å². The van der Waals surface area contributed by atoms with E-state index in [9.17, 15) is 9.18 Å². The third-order valence-electron chi connectivity index (χ3n) is 3.68. The Kier molecular flexibility index (Phi) is 5.54. The number of ether oxygens (including phenoxy) is 1. The van der Waals surface area contributed by atoms with Crippen molar-refractivity contribution in [1.29, 1.82) is 0 Å². The molecule has 20 heavy (non-hydrogen) atoms. The average Bonchev–Trinajstić information content (AvgIpc) is 2.84. The van der Waals surface area contributed by atoms with E-state index in [0.29, 0.717) is 26.2 Å². The summed E-state index contributed by atoms with van der Waals surface area (Å²) in [5.41, 5.74) is 1.10. The highest BCUT2D eigenvalue weighted by molar-refractivity contribution is 9.10. The van der Waals surface area contributed by atoms with Crippen molar-refractivity contribution in [2.45, 2.75) is 12.8 Å². The first kappa shape index (κ1) is 15.4. The van der Waals surface area contributed by atoms with Crippen molar-refractivity contribution < 1.29 is 13.9 Å². The molecule has 110 valence electrons. The van der Waals surface area contributed by atoms with E-state index in [1.807, 2.05) is 29.2 Å². The van der Waals surface area contributed by atoms with E-state index in [1.165, 1.54) is 0 Å². The van der Waals surface area contributed by atoms with Gasteiger partial charge in [-0.2, -0.15) is 0 Å². The maximum absolute atomic E-state index is 12.5. The third-order valence-corrected chi connectivity index (χ3v) is 4.21. The highest BCUT2D eigenvalue weighted by Crippen LogP contribution is 2.34. The number of hydrogen-bond acceptors (Lipinski definition) is 3. The minimum Gasteiger partial charge on any atom is -0.466 e. The van der Waals surface area contributed by atoms with Crippen LogP contribution >= 0.6 is 15.9 Å². The lowest BCUT2D eigenvalue weighted by atomic mass is 9.89. The van der Waals surface area contributed by atoms with Gasteiger partial charge in [0.05, 0.1) is 12.5 Å². The van der Waals surface area contributed by atoms with Crippen LogP contribution in [-0.4, -0.2) is 43.8 Å². The zero-order chi connectivity index (χ0) is 14.5. The van der Waals surface area contributed by atoms with Gasteiger partial charge in [-0.15, -0.1) is 0 Å². The van der Waals surface area contributed by atoms with Crippen LogP contribution in [0.2, 0.25) is 0 Å². The predicted octanol–water partition coefficient (Wildman–Crippen LogP) is 3.00. The molecule has 1 aliphatic heterocycles. The molecule has 0 spiro atoms. The van der Waals surface area contributed by atoms with E-state index in [1.54, 1.807) is 6.92 Å². The molecular formula is C15H19BrFNO2. The fraction of sp³-hybridized carbons (Fsp3) is 0.533. The molecule has 1 aliphatic rings. The van der Waals surface area contributed by atoms with Crippen molar-refractivity contribution in [3.63, 3.8) is 0 Å². The number of nitrogens with zero attached hydrogens (tertiary/aromatic N) is 1. The third kappa shape index (κ3) is 3.58. The van der Waals surface area contributed by atoms with Gasteiger partial charge >= 0.3 is 5.97 Å². The number of carbonyl (C=O) groups excluding carboxylic acids is 1. The molecule has 1 fully saturated rings. The van der Waals surface area contributed by atoms with E-state index in [0.717, 1.165) is 10.0 Å². The van der Waals surface area contributed by atoms with Crippen molar-refractivity contribution in [1.82, 2.24) is 4.90 Å². The summed E-state index contributed by atoms with van der Waals surface area (Å²) in [6.07, 6.45) is 0. The van der Waals surface area contributed by atoms with Crippen LogP contribution in [0.1, 0.15) is 18.4 Å². The van der Waals surface area contributed by atoms with Crippen LogP contribution in [-0.2, 0) is 9.53 Å². The second kappa shape index (κ2) is 7.18. The van der Waals surface area contributed by atoms with Crippen LogP contribution in [0.15, 0.2) is 28.7 Å². The van der Waals surface area contributed by atoms with Gasteiger partial charge in [0.15, 0.2) is 0 Å². The Morgan fingerprint density at radius 2 is 2.10 bits per heavy atom. The minimum absolute atomic E-state index is 0.0775. The molecule has 3 nitrogen and oxygen atoms in total. The standard InChI is InChI=1S/C15H19BrFNO2/c1-2-20-15(19)14-10-18(8-7-17)9-13(14)11-3-5-12(16)6-4-11/h3-6,13-14H,2,7-10H2,1H3/t13-,14+/m1/s1. The van der Waals surface area contributed by atoms with Crippen LogP contribution in [0.5, 0.6) is 0 Å². The Bertz CT molecular complexity index is 452. The van der Waals surface area contributed by atoms with E-state index in [4.69, 9.17) is 4.74 Å². The summed E-state index contributed by atoms with van der Waals surface area (Å²) in [6, 6.07) is 7.96. The van der Waals surface area contributed by atoms with Crippen molar-refractivity contribution in [2.75, 3.05) is 32.9 Å². The molecule has 0 amide bonds. The van der Waals surface area contributed by atoms with Gasteiger partial charge in [0.2, 0.25) is 0 Å². The average molecular weight is 344 g/mol. The molecular weight excluding hydrogens is 325 g/mol. The van der Waals surface area contributed by atoms with Crippen molar-refractivity contribution in [2.24, 2.45) is 5.92 Å². The summed E-state index contributed by atoms with van der Waals surface area (Å²) in [7, 11) is 0. The molecule has 0 unspecified atom stereocenters. The van der Waals surface area contributed by atoms with Gasteiger partial charge in [0.25, 0.3) is 0 Å². The lowest BCUT2D eigenvalue weighted by Crippen LogP contribution is -2.26. The number of alkyl halides is 1. The van der Waals surface area contributed by atoms with Crippen LogP contribution in [0.4, 0.5) is 4.39 Å². The molecule has 0 radical (unpaired) electrons. The smallest absolute Gasteiger partial charge is 0.310 e. The number of rotatable bonds is 5.